The van der Waals surface area contributed by atoms with Gasteiger partial charge in [0, 0.05) is 0 Å². The van der Waals surface area contributed by atoms with Gasteiger partial charge in [0.1, 0.15) is 0 Å². The lowest BCUT2D eigenvalue weighted by atomic mass is 9.79. The standard InChI is InChI=1S/C12H14F6O/c1-9-3-2-7(4-9)8(5-9)6-10(19,11(13,14)15)12(16,17)18/h2-3,7-8,19H,4-6H2,1H3/t7?,8?,9-/m1/s1. The molecule has 0 heterocycles. The first-order valence-electron chi connectivity index (χ1n) is 5.93. The lowest BCUT2D eigenvalue weighted by Crippen LogP contribution is -2.58. The van der Waals surface area contributed by atoms with Crippen LogP contribution in [0.2, 0.25) is 0 Å². The molecule has 0 aromatic heterocycles. The fourth-order valence-electron chi connectivity index (χ4n) is 3.25. The highest BCUT2D eigenvalue weighted by atomic mass is 19.4. The molecule has 0 aliphatic heterocycles. The van der Waals surface area contributed by atoms with E-state index in [1.807, 2.05) is 13.0 Å². The van der Waals surface area contributed by atoms with Gasteiger partial charge in [0.2, 0.25) is 0 Å². The third-order valence-electron chi connectivity index (χ3n) is 4.28. The third-order valence-corrected chi connectivity index (χ3v) is 4.28. The summed E-state index contributed by atoms with van der Waals surface area (Å²) in [6.07, 6.45) is -8.41. The molecule has 0 aromatic carbocycles. The van der Waals surface area contributed by atoms with Crippen LogP contribution in [-0.4, -0.2) is 23.1 Å². The summed E-state index contributed by atoms with van der Waals surface area (Å²) < 4.78 is 75.6. The van der Waals surface area contributed by atoms with Crippen molar-refractivity contribution >= 4 is 0 Å². The van der Waals surface area contributed by atoms with Gasteiger partial charge in [-0.25, -0.2) is 0 Å². The first-order chi connectivity index (χ1) is 8.38. The van der Waals surface area contributed by atoms with Crippen LogP contribution in [0.3, 0.4) is 0 Å². The molecule has 0 amide bonds. The molecule has 3 atom stereocenters. The number of fused-ring (bicyclic) bond motifs is 2. The summed E-state index contributed by atoms with van der Waals surface area (Å²) in [5, 5.41) is 9.18. The molecule has 1 N–H and O–H groups in total. The molecule has 19 heavy (non-hydrogen) atoms. The summed E-state index contributed by atoms with van der Waals surface area (Å²) in [4.78, 5) is 0. The van der Waals surface area contributed by atoms with E-state index in [0.29, 0.717) is 6.42 Å². The number of alkyl halides is 6. The topological polar surface area (TPSA) is 20.2 Å². The van der Waals surface area contributed by atoms with E-state index in [-0.39, 0.29) is 17.8 Å². The summed E-state index contributed by atoms with van der Waals surface area (Å²) in [5.74, 6) is -1.09. The first kappa shape index (κ1) is 14.7. The summed E-state index contributed by atoms with van der Waals surface area (Å²) in [7, 11) is 0. The van der Waals surface area contributed by atoms with Gasteiger partial charge in [0.25, 0.3) is 5.60 Å². The monoisotopic (exact) mass is 288 g/mol. The van der Waals surface area contributed by atoms with Gasteiger partial charge in [-0.3, -0.25) is 0 Å². The van der Waals surface area contributed by atoms with Crippen LogP contribution in [0.5, 0.6) is 0 Å². The molecule has 110 valence electrons. The minimum absolute atomic E-state index is 0.253. The molecular weight excluding hydrogens is 274 g/mol. The smallest absolute Gasteiger partial charge is 0.374 e. The van der Waals surface area contributed by atoms with E-state index in [1.54, 1.807) is 6.08 Å². The van der Waals surface area contributed by atoms with Crippen molar-refractivity contribution in [2.45, 2.75) is 44.1 Å². The second-order valence-corrected chi connectivity index (χ2v) is 5.91. The normalized spacial score (nSPS) is 35.2. The predicted octanol–water partition coefficient (Wildman–Crippen LogP) is 3.83. The van der Waals surface area contributed by atoms with E-state index in [4.69, 9.17) is 0 Å². The highest BCUT2D eigenvalue weighted by Gasteiger charge is 2.71. The highest BCUT2D eigenvalue weighted by molar-refractivity contribution is 5.17. The van der Waals surface area contributed by atoms with Gasteiger partial charge < -0.3 is 5.11 Å². The van der Waals surface area contributed by atoms with Crippen LogP contribution in [0, 0.1) is 17.3 Å². The molecular formula is C12H14F6O. The fraction of sp³-hybridized carbons (Fsp3) is 0.833. The maximum Gasteiger partial charge on any atom is 0.426 e. The molecule has 1 fully saturated rings. The van der Waals surface area contributed by atoms with Crippen LogP contribution in [-0.2, 0) is 0 Å². The highest BCUT2D eigenvalue weighted by Crippen LogP contribution is 2.57. The van der Waals surface area contributed by atoms with Crippen molar-refractivity contribution in [2.24, 2.45) is 17.3 Å². The van der Waals surface area contributed by atoms with Crippen molar-refractivity contribution in [3.05, 3.63) is 12.2 Å². The maximum atomic E-state index is 12.6. The van der Waals surface area contributed by atoms with Crippen molar-refractivity contribution in [2.75, 3.05) is 0 Å². The maximum absolute atomic E-state index is 12.6. The molecule has 7 heteroatoms. The summed E-state index contributed by atoms with van der Waals surface area (Å²) in [6.45, 7) is 1.81. The molecule has 0 saturated heterocycles. The van der Waals surface area contributed by atoms with Crippen molar-refractivity contribution in [3.8, 4) is 0 Å². The molecule has 2 unspecified atom stereocenters. The summed E-state index contributed by atoms with van der Waals surface area (Å²) in [5.41, 5.74) is -4.94. The van der Waals surface area contributed by atoms with E-state index in [2.05, 4.69) is 0 Å². The van der Waals surface area contributed by atoms with Gasteiger partial charge in [-0.15, -0.1) is 0 Å². The second-order valence-electron chi connectivity index (χ2n) is 5.91. The predicted molar refractivity (Wildman–Crippen MR) is 55.1 cm³/mol. The number of aliphatic hydroxyl groups is 1. The van der Waals surface area contributed by atoms with Crippen LogP contribution < -0.4 is 0 Å². The van der Waals surface area contributed by atoms with Gasteiger partial charge in [0.05, 0.1) is 0 Å². The largest absolute Gasteiger partial charge is 0.426 e. The van der Waals surface area contributed by atoms with Gasteiger partial charge in [-0.05, 0) is 36.5 Å². The van der Waals surface area contributed by atoms with Crippen LogP contribution in [0.15, 0.2) is 12.2 Å². The van der Waals surface area contributed by atoms with E-state index in [9.17, 15) is 31.4 Å². The molecule has 2 aliphatic rings. The average molecular weight is 288 g/mol. The van der Waals surface area contributed by atoms with Crippen molar-refractivity contribution in [3.63, 3.8) is 0 Å². The fourth-order valence-corrected chi connectivity index (χ4v) is 3.25. The minimum atomic E-state index is -5.71. The zero-order valence-electron chi connectivity index (χ0n) is 10.1. The Kier molecular flexibility index (Phi) is 3.01. The Bertz CT molecular complexity index is 382. The van der Waals surface area contributed by atoms with E-state index in [0.717, 1.165) is 0 Å². The van der Waals surface area contributed by atoms with Crippen LogP contribution >= 0.6 is 0 Å². The molecule has 0 spiro atoms. The zero-order valence-corrected chi connectivity index (χ0v) is 10.1. The second kappa shape index (κ2) is 3.90. The first-order valence-corrected chi connectivity index (χ1v) is 5.93. The Balaban J connectivity index is 2.22. The summed E-state index contributed by atoms with van der Waals surface area (Å²) in [6, 6.07) is 0. The number of halogens is 6. The zero-order chi connectivity index (χ0) is 14.7. The number of hydrogen-bond donors (Lipinski definition) is 1. The number of hydrogen-bond acceptors (Lipinski definition) is 1. The Morgan fingerprint density at radius 3 is 1.95 bits per heavy atom. The number of rotatable bonds is 2. The molecule has 2 bridgehead atoms. The lowest BCUT2D eigenvalue weighted by Gasteiger charge is -2.36. The SMILES string of the molecule is C[C@@]12C=CC(C1)C(CC(O)(C(F)(F)F)C(F)(F)F)C2. The van der Waals surface area contributed by atoms with Gasteiger partial charge in [-0.2, -0.15) is 26.3 Å². The Labute approximate surface area is 106 Å². The van der Waals surface area contributed by atoms with Crippen LogP contribution in [0.4, 0.5) is 26.3 Å². The average Bonchev–Trinajstić information content (AvgIpc) is 2.69. The Hall–Kier alpha value is -0.720. The lowest BCUT2D eigenvalue weighted by molar-refractivity contribution is -0.373. The van der Waals surface area contributed by atoms with E-state index >= 15 is 0 Å². The minimum Gasteiger partial charge on any atom is -0.374 e. The van der Waals surface area contributed by atoms with Crippen LogP contribution in [0.1, 0.15) is 26.2 Å². The van der Waals surface area contributed by atoms with Crippen LogP contribution in [0.25, 0.3) is 0 Å². The molecule has 2 aliphatic carbocycles. The summed E-state index contributed by atoms with van der Waals surface area (Å²) >= 11 is 0. The molecule has 0 aromatic rings. The van der Waals surface area contributed by atoms with Crippen molar-refractivity contribution in [1.29, 1.82) is 0 Å². The van der Waals surface area contributed by atoms with Crippen molar-refractivity contribution < 1.29 is 31.4 Å². The molecule has 1 nitrogen and oxygen atoms in total. The van der Waals surface area contributed by atoms with Gasteiger partial charge in [-0.1, -0.05) is 19.1 Å². The molecule has 2 rings (SSSR count). The third kappa shape index (κ3) is 2.26. The quantitative estimate of drug-likeness (QED) is 0.604. The number of allylic oxidation sites excluding steroid dienone is 2. The van der Waals surface area contributed by atoms with E-state index < -0.39 is 30.3 Å². The van der Waals surface area contributed by atoms with E-state index in [1.165, 1.54) is 0 Å². The van der Waals surface area contributed by atoms with Gasteiger partial charge in [0.15, 0.2) is 0 Å². The van der Waals surface area contributed by atoms with Gasteiger partial charge >= 0.3 is 12.4 Å². The Morgan fingerprint density at radius 2 is 1.63 bits per heavy atom. The molecule has 1 saturated carbocycles. The van der Waals surface area contributed by atoms with Crippen molar-refractivity contribution in [1.82, 2.24) is 0 Å². The Morgan fingerprint density at radius 1 is 1.11 bits per heavy atom. The molecule has 0 radical (unpaired) electrons.